The minimum Gasteiger partial charge on any atom is -0.330 e. The van der Waals surface area contributed by atoms with Gasteiger partial charge in [0, 0.05) is 39.8 Å². The molecule has 0 spiro atoms. The number of carbonyl (C=O) groups excluding carboxylic acids is 2. The minimum absolute atomic E-state index is 0.000569. The molecular formula is C32H32ClFN2O2S. The molecule has 0 unspecified atom stereocenters. The summed E-state index contributed by atoms with van der Waals surface area (Å²) < 4.78 is 16.2. The standard InChI is InChI=1S/C32H32ClFN2O2S/c1-20(37)21-8-10-22(11-9-21)23-12-17-28(34)24(18-23)19-36(26-15-13-25(14-16-26)35(2)3)32(38)31-30(33)27-6-4-5-7-29(27)39-31/h4-12,17-18,25-26H,13-16,19H2,1-3H3. The number of nitrogens with zero attached hydrogens (tertiary/aromatic N) is 2. The average molecular weight is 563 g/mol. The third-order valence-electron chi connectivity index (χ3n) is 7.84. The van der Waals surface area contributed by atoms with Crippen LogP contribution in [0.3, 0.4) is 0 Å². The number of carbonyl (C=O) groups is 2. The Balaban J connectivity index is 1.49. The largest absolute Gasteiger partial charge is 0.330 e. The van der Waals surface area contributed by atoms with Crippen LogP contribution in [0.2, 0.25) is 5.02 Å². The van der Waals surface area contributed by atoms with Crippen molar-refractivity contribution < 1.29 is 14.0 Å². The van der Waals surface area contributed by atoms with Crippen molar-refractivity contribution in [1.82, 2.24) is 9.80 Å². The quantitative estimate of drug-likeness (QED) is 0.214. The van der Waals surface area contributed by atoms with E-state index >= 15 is 4.39 Å². The molecule has 1 fully saturated rings. The maximum absolute atomic E-state index is 15.3. The first kappa shape index (κ1) is 27.5. The molecule has 3 aromatic carbocycles. The van der Waals surface area contributed by atoms with Gasteiger partial charge in [-0.15, -0.1) is 11.3 Å². The van der Waals surface area contributed by atoms with Gasteiger partial charge < -0.3 is 9.80 Å². The zero-order valence-corrected chi connectivity index (χ0v) is 24.0. The van der Waals surface area contributed by atoms with Crippen LogP contribution < -0.4 is 0 Å². The molecule has 1 heterocycles. The van der Waals surface area contributed by atoms with E-state index in [4.69, 9.17) is 11.6 Å². The van der Waals surface area contributed by atoms with Crippen LogP contribution >= 0.6 is 22.9 Å². The Morgan fingerprint density at radius 1 is 0.923 bits per heavy atom. The van der Waals surface area contributed by atoms with Crippen molar-refractivity contribution in [2.75, 3.05) is 14.1 Å². The number of thiophene rings is 1. The van der Waals surface area contributed by atoms with E-state index in [9.17, 15) is 9.59 Å². The molecule has 1 amide bonds. The zero-order chi connectivity index (χ0) is 27.7. The van der Waals surface area contributed by atoms with E-state index in [0.717, 1.165) is 46.9 Å². The van der Waals surface area contributed by atoms with Crippen LogP contribution in [0.4, 0.5) is 4.39 Å². The maximum Gasteiger partial charge on any atom is 0.266 e. The highest BCUT2D eigenvalue weighted by atomic mass is 35.5. The lowest BCUT2D eigenvalue weighted by Crippen LogP contribution is -2.44. The number of benzene rings is 3. The fraction of sp³-hybridized carbons (Fsp3) is 0.312. The Bertz CT molecular complexity index is 1510. The molecule has 0 atom stereocenters. The van der Waals surface area contributed by atoms with Gasteiger partial charge in [-0.1, -0.05) is 60.1 Å². The second-order valence-corrected chi connectivity index (χ2v) is 12.0. The van der Waals surface area contributed by atoms with E-state index < -0.39 is 0 Å². The van der Waals surface area contributed by atoms with Gasteiger partial charge in [0.2, 0.25) is 0 Å². The van der Waals surface area contributed by atoms with Gasteiger partial charge in [0.15, 0.2) is 5.78 Å². The first-order valence-electron chi connectivity index (χ1n) is 13.3. The highest BCUT2D eigenvalue weighted by Crippen LogP contribution is 2.38. The molecule has 1 saturated carbocycles. The van der Waals surface area contributed by atoms with Crippen LogP contribution in [0.5, 0.6) is 0 Å². The number of hydrogen-bond donors (Lipinski definition) is 0. The number of halogens is 2. The monoisotopic (exact) mass is 562 g/mol. The third kappa shape index (κ3) is 5.79. The lowest BCUT2D eigenvalue weighted by Gasteiger charge is -2.39. The normalized spacial score (nSPS) is 17.5. The van der Waals surface area contributed by atoms with Gasteiger partial charge in [0.05, 0.1) is 5.02 Å². The van der Waals surface area contributed by atoms with Crippen LogP contribution in [0.25, 0.3) is 21.2 Å². The molecule has 4 aromatic rings. The fourth-order valence-electron chi connectivity index (χ4n) is 5.49. The summed E-state index contributed by atoms with van der Waals surface area (Å²) in [5, 5.41) is 1.33. The number of fused-ring (bicyclic) bond motifs is 1. The smallest absolute Gasteiger partial charge is 0.266 e. The molecule has 0 radical (unpaired) electrons. The summed E-state index contributed by atoms with van der Waals surface area (Å²) >= 11 is 8.13. The molecule has 1 aliphatic rings. The molecule has 0 N–H and O–H groups in total. The molecule has 5 rings (SSSR count). The van der Waals surface area contributed by atoms with Crippen molar-refractivity contribution in [3.8, 4) is 11.1 Å². The summed E-state index contributed by atoms with van der Waals surface area (Å²) in [6.07, 6.45) is 3.66. The minimum atomic E-state index is -0.346. The van der Waals surface area contributed by atoms with Crippen molar-refractivity contribution in [2.45, 2.75) is 51.2 Å². The van der Waals surface area contributed by atoms with E-state index in [2.05, 4.69) is 19.0 Å². The molecular weight excluding hydrogens is 531 g/mol. The number of hydrogen-bond acceptors (Lipinski definition) is 4. The molecule has 7 heteroatoms. The third-order valence-corrected chi connectivity index (χ3v) is 9.50. The van der Waals surface area contributed by atoms with Gasteiger partial charge in [-0.05, 0) is 76.0 Å². The highest BCUT2D eigenvalue weighted by molar-refractivity contribution is 7.21. The Hall–Kier alpha value is -3.06. The number of Topliss-reactive ketones (excluding diaryl/α,β-unsaturated/α-hetero) is 1. The number of amides is 1. The summed E-state index contributed by atoms with van der Waals surface area (Å²) in [4.78, 5) is 30.4. The van der Waals surface area contributed by atoms with Crippen LogP contribution in [-0.4, -0.2) is 47.7 Å². The summed E-state index contributed by atoms with van der Waals surface area (Å²) in [6, 6.07) is 20.5. The Morgan fingerprint density at radius 3 is 2.21 bits per heavy atom. The summed E-state index contributed by atoms with van der Waals surface area (Å²) in [5.41, 5.74) is 2.82. The first-order chi connectivity index (χ1) is 18.7. The number of rotatable bonds is 7. The highest BCUT2D eigenvalue weighted by Gasteiger charge is 2.32. The Kier molecular flexibility index (Phi) is 8.17. The molecule has 0 bridgehead atoms. The van der Waals surface area contributed by atoms with Gasteiger partial charge in [0.1, 0.15) is 10.7 Å². The Morgan fingerprint density at radius 2 is 1.56 bits per heavy atom. The van der Waals surface area contributed by atoms with E-state index in [-0.39, 0.29) is 30.1 Å². The van der Waals surface area contributed by atoms with E-state index in [1.807, 2.05) is 47.4 Å². The molecule has 1 aliphatic carbocycles. The van der Waals surface area contributed by atoms with Crippen LogP contribution in [0.1, 0.15) is 58.2 Å². The predicted octanol–water partition coefficient (Wildman–Crippen LogP) is 8.08. The second-order valence-electron chi connectivity index (χ2n) is 10.5. The van der Waals surface area contributed by atoms with E-state index in [1.165, 1.54) is 24.3 Å². The SMILES string of the molecule is CC(=O)c1ccc(-c2ccc(F)c(CN(C(=O)c3sc4ccccc4c3Cl)C3CCC(N(C)C)CC3)c2)cc1. The van der Waals surface area contributed by atoms with Crippen molar-refractivity contribution in [3.05, 3.63) is 93.6 Å². The lowest BCUT2D eigenvalue weighted by atomic mass is 9.89. The van der Waals surface area contributed by atoms with Crippen molar-refractivity contribution in [1.29, 1.82) is 0 Å². The molecule has 0 saturated heterocycles. The Labute approximate surface area is 238 Å². The first-order valence-corrected chi connectivity index (χ1v) is 14.5. The molecule has 39 heavy (non-hydrogen) atoms. The van der Waals surface area contributed by atoms with Gasteiger partial charge in [-0.3, -0.25) is 9.59 Å². The predicted molar refractivity (Wildman–Crippen MR) is 158 cm³/mol. The van der Waals surface area contributed by atoms with Gasteiger partial charge in [-0.25, -0.2) is 4.39 Å². The van der Waals surface area contributed by atoms with Crippen molar-refractivity contribution in [3.63, 3.8) is 0 Å². The topological polar surface area (TPSA) is 40.6 Å². The summed E-state index contributed by atoms with van der Waals surface area (Å²) in [6.45, 7) is 1.69. The molecule has 0 aliphatic heterocycles. The van der Waals surface area contributed by atoms with Crippen molar-refractivity contribution in [2.24, 2.45) is 0 Å². The van der Waals surface area contributed by atoms with E-state index in [0.29, 0.717) is 27.1 Å². The fourth-order valence-corrected chi connectivity index (χ4v) is 6.96. The maximum atomic E-state index is 15.3. The summed E-state index contributed by atoms with van der Waals surface area (Å²) in [5.74, 6) is -0.495. The van der Waals surface area contributed by atoms with Crippen LogP contribution in [0.15, 0.2) is 66.7 Å². The average Bonchev–Trinajstić information content (AvgIpc) is 3.28. The van der Waals surface area contributed by atoms with Crippen LogP contribution in [-0.2, 0) is 6.54 Å². The van der Waals surface area contributed by atoms with E-state index in [1.54, 1.807) is 18.2 Å². The van der Waals surface area contributed by atoms with Crippen LogP contribution in [0, 0.1) is 5.82 Å². The second kappa shape index (κ2) is 11.6. The van der Waals surface area contributed by atoms with Gasteiger partial charge >= 0.3 is 0 Å². The number of ketones is 1. The molecule has 202 valence electrons. The van der Waals surface area contributed by atoms with Gasteiger partial charge in [0.25, 0.3) is 5.91 Å². The molecule has 1 aromatic heterocycles. The molecule has 4 nitrogen and oxygen atoms in total. The lowest BCUT2D eigenvalue weighted by molar-refractivity contribution is 0.0572. The zero-order valence-electron chi connectivity index (χ0n) is 22.4. The summed E-state index contributed by atoms with van der Waals surface area (Å²) in [7, 11) is 4.18. The van der Waals surface area contributed by atoms with Gasteiger partial charge in [-0.2, -0.15) is 0 Å². The van der Waals surface area contributed by atoms with Crippen molar-refractivity contribution >= 4 is 44.7 Å².